The van der Waals surface area contributed by atoms with Crippen LogP contribution in [0.4, 0.5) is 0 Å². The Balaban J connectivity index is 1.83. The number of carbonyl (C=O) groups is 1. The summed E-state index contributed by atoms with van der Waals surface area (Å²) in [7, 11) is 2.00. The molecule has 2 rings (SSSR count). The van der Waals surface area contributed by atoms with Crippen LogP contribution in [-0.2, 0) is 24.8 Å². The van der Waals surface area contributed by atoms with Crippen LogP contribution >= 0.6 is 0 Å². The standard InChI is InChI=1S/C15H21N3O2/c1-10-5-6-13(18(10)4)9-16-15(19)8-7-14-11(2)17-20-12(14)3/h5-6H,7-9H2,1-4H3,(H,16,19). The van der Waals surface area contributed by atoms with Gasteiger partial charge in [0.2, 0.25) is 5.91 Å². The number of nitrogens with one attached hydrogen (secondary N) is 1. The highest BCUT2D eigenvalue weighted by atomic mass is 16.5. The van der Waals surface area contributed by atoms with E-state index in [1.54, 1.807) is 0 Å². The highest BCUT2D eigenvalue weighted by Crippen LogP contribution is 2.14. The first-order chi connectivity index (χ1) is 9.49. The number of rotatable bonds is 5. The van der Waals surface area contributed by atoms with Crippen molar-refractivity contribution in [3.63, 3.8) is 0 Å². The van der Waals surface area contributed by atoms with E-state index in [1.807, 2.05) is 40.0 Å². The molecule has 0 radical (unpaired) electrons. The quantitative estimate of drug-likeness (QED) is 0.910. The third kappa shape index (κ3) is 3.10. The maximum Gasteiger partial charge on any atom is 0.220 e. The van der Waals surface area contributed by atoms with E-state index in [-0.39, 0.29) is 5.91 Å². The van der Waals surface area contributed by atoms with Gasteiger partial charge >= 0.3 is 0 Å². The van der Waals surface area contributed by atoms with E-state index in [9.17, 15) is 4.79 Å². The predicted molar refractivity (Wildman–Crippen MR) is 76.3 cm³/mol. The van der Waals surface area contributed by atoms with Gasteiger partial charge in [-0.2, -0.15) is 0 Å². The average Bonchev–Trinajstić information content (AvgIpc) is 2.90. The number of aryl methyl sites for hydroxylation is 3. The Hall–Kier alpha value is -2.04. The van der Waals surface area contributed by atoms with Crippen LogP contribution in [0.1, 0.15) is 34.8 Å². The van der Waals surface area contributed by atoms with Crippen molar-refractivity contribution >= 4 is 5.91 Å². The zero-order valence-corrected chi connectivity index (χ0v) is 12.5. The van der Waals surface area contributed by atoms with Crippen LogP contribution in [-0.4, -0.2) is 15.6 Å². The van der Waals surface area contributed by atoms with Crippen LogP contribution in [0.5, 0.6) is 0 Å². The molecule has 20 heavy (non-hydrogen) atoms. The first-order valence-electron chi connectivity index (χ1n) is 6.78. The first-order valence-corrected chi connectivity index (χ1v) is 6.78. The lowest BCUT2D eigenvalue weighted by molar-refractivity contribution is -0.121. The Kier molecular flexibility index (Phi) is 4.27. The number of hydrogen-bond donors (Lipinski definition) is 1. The smallest absolute Gasteiger partial charge is 0.220 e. The molecular weight excluding hydrogens is 254 g/mol. The lowest BCUT2D eigenvalue weighted by Gasteiger charge is -2.07. The largest absolute Gasteiger partial charge is 0.361 e. The van der Waals surface area contributed by atoms with Crippen LogP contribution in [0, 0.1) is 20.8 Å². The second-order valence-corrected chi connectivity index (χ2v) is 5.10. The summed E-state index contributed by atoms with van der Waals surface area (Å²) in [6.45, 7) is 6.38. The third-order valence-electron chi connectivity index (χ3n) is 3.73. The summed E-state index contributed by atoms with van der Waals surface area (Å²) in [5.41, 5.74) is 4.20. The van der Waals surface area contributed by atoms with Crippen LogP contribution < -0.4 is 5.32 Å². The van der Waals surface area contributed by atoms with Gasteiger partial charge in [-0.05, 0) is 39.3 Å². The zero-order chi connectivity index (χ0) is 14.7. The summed E-state index contributed by atoms with van der Waals surface area (Å²) in [6, 6.07) is 4.08. The van der Waals surface area contributed by atoms with Gasteiger partial charge in [0.25, 0.3) is 0 Å². The van der Waals surface area contributed by atoms with Crippen molar-refractivity contribution < 1.29 is 9.32 Å². The molecule has 0 bridgehead atoms. The van der Waals surface area contributed by atoms with E-state index in [2.05, 4.69) is 15.0 Å². The van der Waals surface area contributed by atoms with Gasteiger partial charge in [0.05, 0.1) is 12.2 Å². The monoisotopic (exact) mass is 275 g/mol. The average molecular weight is 275 g/mol. The van der Waals surface area contributed by atoms with Gasteiger partial charge in [-0.1, -0.05) is 5.16 Å². The molecule has 0 unspecified atom stereocenters. The second-order valence-electron chi connectivity index (χ2n) is 5.10. The number of nitrogens with zero attached hydrogens (tertiary/aromatic N) is 2. The molecule has 1 amide bonds. The van der Waals surface area contributed by atoms with Crippen LogP contribution in [0.25, 0.3) is 0 Å². The molecule has 0 aromatic carbocycles. The Bertz CT molecular complexity index is 591. The van der Waals surface area contributed by atoms with Crippen molar-refractivity contribution in [1.82, 2.24) is 15.0 Å². The van der Waals surface area contributed by atoms with E-state index < -0.39 is 0 Å². The molecular formula is C15H21N3O2. The van der Waals surface area contributed by atoms with Crippen molar-refractivity contribution in [2.45, 2.75) is 40.2 Å². The van der Waals surface area contributed by atoms with Gasteiger partial charge in [0, 0.05) is 30.4 Å². The summed E-state index contributed by atoms with van der Waals surface area (Å²) in [4.78, 5) is 11.9. The molecule has 5 heteroatoms. The Morgan fingerprint density at radius 3 is 2.65 bits per heavy atom. The van der Waals surface area contributed by atoms with Gasteiger partial charge < -0.3 is 14.4 Å². The van der Waals surface area contributed by atoms with E-state index in [1.165, 1.54) is 5.69 Å². The van der Waals surface area contributed by atoms with Crippen molar-refractivity contribution in [3.05, 3.63) is 40.5 Å². The number of hydrogen-bond acceptors (Lipinski definition) is 3. The highest BCUT2D eigenvalue weighted by Gasteiger charge is 2.11. The molecule has 108 valence electrons. The fourth-order valence-electron chi connectivity index (χ4n) is 2.22. The fraction of sp³-hybridized carbons (Fsp3) is 0.467. The minimum Gasteiger partial charge on any atom is -0.361 e. The number of amides is 1. The van der Waals surface area contributed by atoms with Gasteiger partial charge in [-0.25, -0.2) is 0 Å². The molecule has 0 fully saturated rings. The maximum atomic E-state index is 11.9. The minimum absolute atomic E-state index is 0.0452. The van der Waals surface area contributed by atoms with Gasteiger partial charge in [0.15, 0.2) is 0 Å². The van der Waals surface area contributed by atoms with Crippen molar-refractivity contribution in [3.8, 4) is 0 Å². The Morgan fingerprint density at radius 1 is 1.35 bits per heavy atom. The van der Waals surface area contributed by atoms with Crippen molar-refractivity contribution in [1.29, 1.82) is 0 Å². The predicted octanol–water partition coefficient (Wildman–Crippen LogP) is 2.19. The third-order valence-corrected chi connectivity index (χ3v) is 3.73. The molecule has 0 saturated heterocycles. The summed E-state index contributed by atoms with van der Waals surface area (Å²) >= 11 is 0. The van der Waals surface area contributed by atoms with Crippen LogP contribution in [0.15, 0.2) is 16.7 Å². The van der Waals surface area contributed by atoms with Crippen LogP contribution in [0.2, 0.25) is 0 Å². The first kappa shape index (κ1) is 14.4. The summed E-state index contributed by atoms with van der Waals surface area (Å²) in [6.07, 6.45) is 1.12. The topological polar surface area (TPSA) is 60.1 Å². The minimum atomic E-state index is 0.0452. The summed E-state index contributed by atoms with van der Waals surface area (Å²) < 4.78 is 7.17. The summed E-state index contributed by atoms with van der Waals surface area (Å²) in [5.74, 6) is 0.845. The van der Waals surface area contributed by atoms with Gasteiger partial charge in [0.1, 0.15) is 5.76 Å². The van der Waals surface area contributed by atoms with Crippen molar-refractivity contribution in [2.24, 2.45) is 7.05 Å². The SMILES string of the molecule is Cc1noc(C)c1CCC(=O)NCc1ccc(C)n1C. The molecule has 2 heterocycles. The zero-order valence-electron chi connectivity index (χ0n) is 12.5. The number of aromatic nitrogens is 2. The molecule has 0 spiro atoms. The lowest BCUT2D eigenvalue weighted by Crippen LogP contribution is -2.24. The molecule has 0 saturated carbocycles. The molecule has 0 aliphatic rings. The molecule has 0 atom stereocenters. The second kappa shape index (κ2) is 5.94. The molecule has 2 aromatic heterocycles. The molecule has 5 nitrogen and oxygen atoms in total. The van der Waals surface area contributed by atoms with E-state index in [0.29, 0.717) is 19.4 Å². The van der Waals surface area contributed by atoms with Gasteiger partial charge in [-0.3, -0.25) is 4.79 Å². The molecule has 1 N–H and O–H groups in total. The van der Waals surface area contributed by atoms with Crippen molar-refractivity contribution in [2.75, 3.05) is 0 Å². The Morgan fingerprint density at radius 2 is 2.10 bits per heavy atom. The highest BCUT2D eigenvalue weighted by molar-refractivity contribution is 5.76. The molecule has 0 aliphatic carbocycles. The normalized spacial score (nSPS) is 10.8. The Labute approximate surface area is 119 Å². The number of carbonyl (C=O) groups excluding carboxylic acids is 1. The maximum absolute atomic E-state index is 11.9. The van der Waals surface area contributed by atoms with Crippen LogP contribution in [0.3, 0.4) is 0 Å². The van der Waals surface area contributed by atoms with E-state index in [4.69, 9.17) is 4.52 Å². The van der Waals surface area contributed by atoms with E-state index in [0.717, 1.165) is 22.7 Å². The van der Waals surface area contributed by atoms with E-state index >= 15 is 0 Å². The van der Waals surface area contributed by atoms with Gasteiger partial charge in [-0.15, -0.1) is 0 Å². The molecule has 0 aliphatic heterocycles. The summed E-state index contributed by atoms with van der Waals surface area (Å²) in [5, 5.41) is 6.84. The molecule has 2 aromatic rings. The lowest BCUT2D eigenvalue weighted by atomic mass is 10.1. The fourth-order valence-corrected chi connectivity index (χ4v) is 2.22.